The van der Waals surface area contributed by atoms with E-state index in [2.05, 4.69) is 0 Å². The molecule has 1 aliphatic carbocycles. The van der Waals surface area contributed by atoms with Crippen LogP contribution in [0, 0.1) is 6.92 Å². The van der Waals surface area contributed by atoms with Crippen molar-refractivity contribution in [2.75, 3.05) is 7.11 Å². The maximum absolute atomic E-state index is 11.9. The molecule has 0 heterocycles. The maximum atomic E-state index is 11.9. The fraction of sp³-hybridized carbons (Fsp3) is 0.333. The summed E-state index contributed by atoms with van der Waals surface area (Å²) in [4.78, 5) is 23.6. The number of aryl methyl sites for hydroxylation is 1. The molecule has 3 nitrogen and oxygen atoms in total. The van der Waals surface area contributed by atoms with Gasteiger partial charge in [-0.05, 0) is 30.9 Å². The second-order valence-corrected chi connectivity index (χ2v) is 4.49. The first-order chi connectivity index (χ1) is 8.63. The van der Waals surface area contributed by atoms with Crippen LogP contribution in [0.1, 0.15) is 30.4 Å². The van der Waals surface area contributed by atoms with Crippen LogP contribution in [0.3, 0.4) is 0 Å². The normalized spacial score (nSPS) is 15.8. The molecule has 0 aromatic heterocycles. The Morgan fingerprint density at radius 2 is 1.83 bits per heavy atom. The van der Waals surface area contributed by atoms with Crippen molar-refractivity contribution in [3.63, 3.8) is 0 Å². The van der Waals surface area contributed by atoms with Gasteiger partial charge in [0.1, 0.15) is 5.57 Å². The highest BCUT2D eigenvalue weighted by molar-refractivity contribution is 6.23. The van der Waals surface area contributed by atoms with Crippen LogP contribution in [0.2, 0.25) is 0 Å². The second kappa shape index (κ2) is 5.17. The van der Waals surface area contributed by atoms with E-state index in [1.54, 1.807) is 0 Å². The molecule has 18 heavy (non-hydrogen) atoms. The fourth-order valence-corrected chi connectivity index (χ4v) is 2.23. The standard InChI is InChI=1S/C15H16O3/c1-10-6-8-11(9-7-10)12-4-3-5-13(16)14(12)15(17)18-2/h6-9H,3-5H2,1-2H3. The van der Waals surface area contributed by atoms with Gasteiger partial charge in [0.15, 0.2) is 5.78 Å². The Morgan fingerprint density at radius 3 is 2.44 bits per heavy atom. The van der Waals surface area contributed by atoms with E-state index in [0.29, 0.717) is 6.42 Å². The summed E-state index contributed by atoms with van der Waals surface area (Å²) in [5.74, 6) is -0.626. The van der Waals surface area contributed by atoms with Gasteiger partial charge in [-0.3, -0.25) is 4.79 Å². The molecule has 0 saturated heterocycles. The number of esters is 1. The summed E-state index contributed by atoms with van der Waals surface area (Å²) in [6.45, 7) is 2.01. The Morgan fingerprint density at radius 1 is 1.17 bits per heavy atom. The molecule has 3 heteroatoms. The smallest absolute Gasteiger partial charge is 0.341 e. The second-order valence-electron chi connectivity index (χ2n) is 4.49. The summed E-state index contributed by atoms with van der Waals surface area (Å²) in [5.41, 5.74) is 3.14. The van der Waals surface area contributed by atoms with Gasteiger partial charge in [-0.25, -0.2) is 4.79 Å². The average molecular weight is 244 g/mol. The van der Waals surface area contributed by atoms with Gasteiger partial charge in [0.2, 0.25) is 0 Å². The Hall–Kier alpha value is -1.90. The van der Waals surface area contributed by atoms with Crippen molar-refractivity contribution >= 4 is 17.3 Å². The molecule has 0 amide bonds. The van der Waals surface area contributed by atoms with Crippen LogP contribution in [0.4, 0.5) is 0 Å². The average Bonchev–Trinajstić information content (AvgIpc) is 2.38. The number of hydrogen-bond acceptors (Lipinski definition) is 3. The molecule has 1 aromatic carbocycles. The first-order valence-corrected chi connectivity index (χ1v) is 6.05. The lowest BCUT2D eigenvalue weighted by molar-refractivity contribution is -0.137. The minimum atomic E-state index is -0.518. The van der Waals surface area contributed by atoms with Gasteiger partial charge < -0.3 is 4.74 Å². The van der Waals surface area contributed by atoms with Crippen LogP contribution in [0.5, 0.6) is 0 Å². The molecule has 1 aromatic rings. The molecule has 1 aliphatic rings. The molecular weight excluding hydrogens is 228 g/mol. The van der Waals surface area contributed by atoms with E-state index < -0.39 is 5.97 Å². The number of ketones is 1. The van der Waals surface area contributed by atoms with Crippen molar-refractivity contribution in [2.24, 2.45) is 0 Å². The largest absolute Gasteiger partial charge is 0.465 e. The molecule has 94 valence electrons. The van der Waals surface area contributed by atoms with E-state index in [1.165, 1.54) is 7.11 Å². The SMILES string of the molecule is COC(=O)C1=C(c2ccc(C)cc2)CCCC1=O. The zero-order valence-electron chi connectivity index (χ0n) is 10.7. The van der Waals surface area contributed by atoms with Crippen molar-refractivity contribution in [1.29, 1.82) is 0 Å². The van der Waals surface area contributed by atoms with Crippen LogP contribution < -0.4 is 0 Å². The molecule has 0 saturated carbocycles. The first kappa shape index (κ1) is 12.6. The van der Waals surface area contributed by atoms with Crippen LogP contribution in [0.25, 0.3) is 5.57 Å². The predicted molar refractivity (Wildman–Crippen MR) is 69.0 cm³/mol. The molecule has 0 fully saturated rings. The van der Waals surface area contributed by atoms with E-state index in [1.807, 2.05) is 31.2 Å². The Balaban J connectivity index is 2.51. The van der Waals surface area contributed by atoms with Gasteiger partial charge in [0.05, 0.1) is 7.11 Å². The van der Waals surface area contributed by atoms with Crippen LogP contribution in [-0.4, -0.2) is 18.9 Å². The number of ether oxygens (including phenoxy) is 1. The third-order valence-corrected chi connectivity index (χ3v) is 3.20. The number of hydrogen-bond donors (Lipinski definition) is 0. The highest BCUT2D eigenvalue weighted by Crippen LogP contribution is 2.31. The third-order valence-electron chi connectivity index (χ3n) is 3.20. The first-order valence-electron chi connectivity index (χ1n) is 6.05. The van der Waals surface area contributed by atoms with Gasteiger partial charge in [-0.1, -0.05) is 29.8 Å². The fourth-order valence-electron chi connectivity index (χ4n) is 2.23. The van der Waals surface area contributed by atoms with E-state index >= 15 is 0 Å². The van der Waals surface area contributed by atoms with Crippen molar-refractivity contribution in [3.05, 3.63) is 41.0 Å². The Kier molecular flexibility index (Phi) is 3.60. The number of rotatable bonds is 2. The van der Waals surface area contributed by atoms with Crippen LogP contribution >= 0.6 is 0 Å². The monoisotopic (exact) mass is 244 g/mol. The molecular formula is C15H16O3. The topological polar surface area (TPSA) is 43.4 Å². The molecule has 0 unspecified atom stereocenters. The minimum absolute atomic E-state index is 0.108. The summed E-state index contributed by atoms with van der Waals surface area (Å²) >= 11 is 0. The Labute approximate surface area is 106 Å². The lowest BCUT2D eigenvalue weighted by Gasteiger charge is -2.18. The zero-order valence-corrected chi connectivity index (χ0v) is 10.7. The van der Waals surface area contributed by atoms with Crippen LogP contribution in [-0.2, 0) is 14.3 Å². The molecule has 0 atom stereocenters. The maximum Gasteiger partial charge on any atom is 0.341 e. The molecule has 0 radical (unpaired) electrons. The minimum Gasteiger partial charge on any atom is -0.465 e. The quantitative estimate of drug-likeness (QED) is 0.593. The summed E-state index contributed by atoms with van der Waals surface area (Å²) in [6, 6.07) is 7.87. The lowest BCUT2D eigenvalue weighted by atomic mass is 9.86. The number of Topliss-reactive ketones (excluding diaryl/α,β-unsaturated/α-hetero) is 1. The molecule has 0 bridgehead atoms. The van der Waals surface area contributed by atoms with Gasteiger partial charge in [-0.2, -0.15) is 0 Å². The van der Waals surface area contributed by atoms with Crippen LogP contribution in [0.15, 0.2) is 29.8 Å². The highest BCUT2D eigenvalue weighted by atomic mass is 16.5. The summed E-state index contributed by atoms with van der Waals surface area (Å²) in [6.07, 6.45) is 1.97. The van der Waals surface area contributed by atoms with Crippen molar-refractivity contribution < 1.29 is 14.3 Å². The predicted octanol–water partition coefficient (Wildman–Crippen LogP) is 2.67. The van der Waals surface area contributed by atoms with E-state index in [4.69, 9.17) is 4.74 Å². The van der Waals surface area contributed by atoms with Crippen molar-refractivity contribution in [2.45, 2.75) is 26.2 Å². The number of methoxy groups -OCH3 is 1. The summed E-state index contributed by atoms with van der Waals surface area (Å²) < 4.78 is 4.72. The van der Waals surface area contributed by atoms with Gasteiger partial charge in [-0.15, -0.1) is 0 Å². The van der Waals surface area contributed by atoms with Crippen molar-refractivity contribution in [3.8, 4) is 0 Å². The number of carbonyl (C=O) groups is 2. The van der Waals surface area contributed by atoms with Gasteiger partial charge in [0, 0.05) is 6.42 Å². The van der Waals surface area contributed by atoms with E-state index in [9.17, 15) is 9.59 Å². The highest BCUT2D eigenvalue weighted by Gasteiger charge is 2.27. The molecule has 0 aliphatic heterocycles. The van der Waals surface area contributed by atoms with Crippen molar-refractivity contribution in [1.82, 2.24) is 0 Å². The molecule has 2 rings (SSSR count). The molecule has 0 spiro atoms. The number of benzene rings is 1. The van der Waals surface area contributed by atoms with E-state index in [-0.39, 0.29) is 11.4 Å². The number of carbonyl (C=O) groups excluding carboxylic acids is 2. The zero-order chi connectivity index (χ0) is 13.1. The number of allylic oxidation sites excluding steroid dienone is 1. The van der Waals surface area contributed by atoms with Gasteiger partial charge in [0.25, 0.3) is 0 Å². The van der Waals surface area contributed by atoms with Gasteiger partial charge >= 0.3 is 5.97 Å². The lowest BCUT2D eigenvalue weighted by Crippen LogP contribution is -2.20. The summed E-state index contributed by atoms with van der Waals surface area (Å²) in [5, 5.41) is 0. The Bertz CT molecular complexity index is 509. The van der Waals surface area contributed by atoms with E-state index in [0.717, 1.165) is 29.5 Å². The third kappa shape index (κ3) is 2.35. The molecule has 0 N–H and O–H groups in total. The summed E-state index contributed by atoms with van der Waals surface area (Å²) in [7, 11) is 1.31.